The van der Waals surface area contributed by atoms with Crippen LogP contribution >= 0.6 is 0 Å². The summed E-state index contributed by atoms with van der Waals surface area (Å²) >= 11 is 0. The van der Waals surface area contributed by atoms with Crippen molar-refractivity contribution >= 4 is 0 Å². The van der Waals surface area contributed by atoms with Gasteiger partial charge in [-0.05, 0) is 18.9 Å². The average Bonchev–Trinajstić information content (AvgIpc) is 1.99. The van der Waals surface area contributed by atoms with Gasteiger partial charge in [0.05, 0.1) is 6.61 Å². The molecular weight excluding hydrogens is 138 g/mol. The van der Waals surface area contributed by atoms with Gasteiger partial charge in [0.2, 0.25) is 0 Å². The summed E-state index contributed by atoms with van der Waals surface area (Å²) in [6, 6.07) is 0.199. The molecule has 0 fully saturated rings. The molecule has 0 aromatic heterocycles. The predicted molar refractivity (Wildman–Crippen MR) is 46.3 cm³/mol. The topological polar surface area (TPSA) is 35.2 Å². The van der Waals surface area contributed by atoms with Crippen LogP contribution in [-0.2, 0) is 4.74 Å². The van der Waals surface area contributed by atoms with Gasteiger partial charge in [-0.25, -0.2) is 0 Å². The molecule has 0 aromatic carbocycles. The van der Waals surface area contributed by atoms with Crippen LogP contribution in [0.5, 0.6) is 0 Å². The molecule has 62 valence electrons. The van der Waals surface area contributed by atoms with E-state index in [4.69, 9.17) is 10.5 Å². The lowest BCUT2D eigenvalue weighted by Gasteiger charge is -2.18. The zero-order valence-electron chi connectivity index (χ0n) is 7.13. The SMILES string of the molecule is COCC1=C(C)C(N)CC=C1. The summed E-state index contributed by atoms with van der Waals surface area (Å²) in [7, 11) is 1.70. The Morgan fingerprint density at radius 3 is 3.09 bits per heavy atom. The average molecular weight is 153 g/mol. The highest BCUT2D eigenvalue weighted by molar-refractivity contribution is 5.32. The van der Waals surface area contributed by atoms with Crippen LogP contribution in [-0.4, -0.2) is 19.8 Å². The maximum atomic E-state index is 5.83. The molecule has 1 aliphatic rings. The first-order valence-corrected chi connectivity index (χ1v) is 3.86. The maximum Gasteiger partial charge on any atom is 0.0713 e. The van der Waals surface area contributed by atoms with Crippen LogP contribution in [0.3, 0.4) is 0 Å². The second kappa shape index (κ2) is 3.69. The Labute approximate surface area is 67.7 Å². The van der Waals surface area contributed by atoms with Gasteiger partial charge in [-0.2, -0.15) is 0 Å². The number of ether oxygens (including phenoxy) is 1. The van der Waals surface area contributed by atoms with E-state index in [0.29, 0.717) is 6.61 Å². The molecule has 0 heterocycles. The van der Waals surface area contributed by atoms with Crippen molar-refractivity contribution in [3.05, 3.63) is 23.3 Å². The lowest BCUT2D eigenvalue weighted by molar-refractivity contribution is 0.227. The number of methoxy groups -OCH3 is 1. The first kappa shape index (κ1) is 8.50. The molecule has 2 heteroatoms. The van der Waals surface area contributed by atoms with Crippen LogP contribution in [0.15, 0.2) is 23.3 Å². The molecule has 0 bridgehead atoms. The molecule has 0 saturated heterocycles. The highest BCUT2D eigenvalue weighted by Gasteiger charge is 2.10. The van der Waals surface area contributed by atoms with Gasteiger partial charge in [-0.1, -0.05) is 17.7 Å². The second-order valence-electron chi connectivity index (χ2n) is 2.89. The largest absolute Gasteiger partial charge is 0.380 e. The Balaban J connectivity index is 2.72. The molecule has 0 spiro atoms. The zero-order valence-corrected chi connectivity index (χ0v) is 7.13. The fourth-order valence-corrected chi connectivity index (χ4v) is 1.22. The summed E-state index contributed by atoms with van der Waals surface area (Å²) < 4.78 is 5.04. The van der Waals surface area contributed by atoms with Crippen molar-refractivity contribution in [2.75, 3.05) is 13.7 Å². The Morgan fingerprint density at radius 2 is 2.45 bits per heavy atom. The Hall–Kier alpha value is -0.600. The summed E-state index contributed by atoms with van der Waals surface area (Å²) in [5.74, 6) is 0. The summed E-state index contributed by atoms with van der Waals surface area (Å²) in [5.41, 5.74) is 8.32. The lowest BCUT2D eigenvalue weighted by Crippen LogP contribution is -2.24. The minimum absolute atomic E-state index is 0.199. The van der Waals surface area contributed by atoms with Gasteiger partial charge in [-0.15, -0.1) is 0 Å². The van der Waals surface area contributed by atoms with Crippen molar-refractivity contribution in [1.82, 2.24) is 0 Å². The second-order valence-corrected chi connectivity index (χ2v) is 2.89. The van der Waals surface area contributed by atoms with Gasteiger partial charge in [-0.3, -0.25) is 0 Å². The smallest absolute Gasteiger partial charge is 0.0713 e. The van der Waals surface area contributed by atoms with E-state index < -0.39 is 0 Å². The highest BCUT2D eigenvalue weighted by atomic mass is 16.5. The zero-order chi connectivity index (χ0) is 8.27. The van der Waals surface area contributed by atoms with Crippen LogP contribution in [0.25, 0.3) is 0 Å². The van der Waals surface area contributed by atoms with Gasteiger partial charge in [0, 0.05) is 13.2 Å². The number of rotatable bonds is 2. The quantitative estimate of drug-likeness (QED) is 0.647. The van der Waals surface area contributed by atoms with E-state index in [9.17, 15) is 0 Å². The van der Waals surface area contributed by atoms with E-state index in [2.05, 4.69) is 19.1 Å². The Morgan fingerprint density at radius 1 is 1.73 bits per heavy atom. The third kappa shape index (κ3) is 1.91. The monoisotopic (exact) mass is 153 g/mol. The molecule has 1 rings (SSSR count). The molecule has 11 heavy (non-hydrogen) atoms. The first-order chi connectivity index (χ1) is 5.25. The van der Waals surface area contributed by atoms with Gasteiger partial charge in [0.25, 0.3) is 0 Å². The third-order valence-corrected chi connectivity index (χ3v) is 2.07. The van der Waals surface area contributed by atoms with Crippen molar-refractivity contribution in [1.29, 1.82) is 0 Å². The standard InChI is InChI=1S/C9H15NO/c1-7-8(6-11-2)4-3-5-9(7)10/h3-4,9H,5-6,10H2,1-2H3. The number of hydrogen-bond acceptors (Lipinski definition) is 2. The van der Waals surface area contributed by atoms with Gasteiger partial charge < -0.3 is 10.5 Å². The third-order valence-electron chi connectivity index (χ3n) is 2.07. The van der Waals surface area contributed by atoms with Crippen molar-refractivity contribution in [3.63, 3.8) is 0 Å². The molecule has 0 radical (unpaired) electrons. The van der Waals surface area contributed by atoms with E-state index in [0.717, 1.165) is 6.42 Å². The van der Waals surface area contributed by atoms with Crippen molar-refractivity contribution in [3.8, 4) is 0 Å². The van der Waals surface area contributed by atoms with E-state index in [1.165, 1.54) is 11.1 Å². The summed E-state index contributed by atoms with van der Waals surface area (Å²) in [4.78, 5) is 0. The lowest BCUT2D eigenvalue weighted by atomic mass is 9.95. The Kier molecular flexibility index (Phi) is 2.85. The molecule has 0 saturated carbocycles. The molecule has 1 atom stereocenters. The summed E-state index contributed by atoms with van der Waals surface area (Å²) in [5, 5.41) is 0. The fourth-order valence-electron chi connectivity index (χ4n) is 1.22. The van der Waals surface area contributed by atoms with Crippen LogP contribution in [0, 0.1) is 0 Å². The van der Waals surface area contributed by atoms with E-state index in [-0.39, 0.29) is 6.04 Å². The van der Waals surface area contributed by atoms with E-state index in [1.54, 1.807) is 7.11 Å². The Bertz CT molecular complexity index is 194. The van der Waals surface area contributed by atoms with Crippen LogP contribution in [0.4, 0.5) is 0 Å². The molecule has 0 amide bonds. The normalized spacial score (nSPS) is 24.5. The maximum absolute atomic E-state index is 5.83. The van der Waals surface area contributed by atoms with Crippen molar-refractivity contribution in [2.24, 2.45) is 5.73 Å². The molecule has 2 nitrogen and oxygen atoms in total. The molecule has 1 aliphatic carbocycles. The molecule has 1 unspecified atom stereocenters. The van der Waals surface area contributed by atoms with Crippen LogP contribution < -0.4 is 5.73 Å². The summed E-state index contributed by atoms with van der Waals surface area (Å²) in [6.07, 6.45) is 5.16. The number of nitrogens with two attached hydrogens (primary N) is 1. The van der Waals surface area contributed by atoms with Crippen molar-refractivity contribution in [2.45, 2.75) is 19.4 Å². The van der Waals surface area contributed by atoms with Crippen molar-refractivity contribution < 1.29 is 4.74 Å². The molecular formula is C9H15NO. The molecule has 2 N–H and O–H groups in total. The van der Waals surface area contributed by atoms with Crippen LogP contribution in [0.2, 0.25) is 0 Å². The van der Waals surface area contributed by atoms with Gasteiger partial charge in [0.15, 0.2) is 0 Å². The van der Waals surface area contributed by atoms with E-state index >= 15 is 0 Å². The minimum atomic E-state index is 0.199. The van der Waals surface area contributed by atoms with E-state index in [1.807, 2.05) is 0 Å². The molecule has 0 aromatic rings. The molecule has 0 aliphatic heterocycles. The first-order valence-electron chi connectivity index (χ1n) is 3.86. The number of hydrogen-bond donors (Lipinski definition) is 1. The fraction of sp³-hybridized carbons (Fsp3) is 0.556. The highest BCUT2D eigenvalue weighted by Crippen LogP contribution is 2.17. The minimum Gasteiger partial charge on any atom is -0.380 e. The van der Waals surface area contributed by atoms with Crippen LogP contribution in [0.1, 0.15) is 13.3 Å². The van der Waals surface area contributed by atoms with Gasteiger partial charge in [0.1, 0.15) is 0 Å². The van der Waals surface area contributed by atoms with Gasteiger partial charge >= 0.3 is 0 Å². The summed E-state index contributed by atoms with van der Waals surface area (Å²) in [6.45, 7) is 2.75. The predicted octanol–water partition coefficient (Wildman–Crippen LogP) is 1.24.